The molecule has 0 spiro atoms. The smallest absolute Gasteiger partial charge is 0.219 e. The lowest BCUT2D eigenvalue weighted by atomic mass is 10.3. The number of ether oxygens (including phenoxy) is 1. The number of carbonyl (C=O) groups is 1. The zero-order valence-corrected chi connectivity index (χ0v) is 11.8. The Morgan fingerprint density at radius 1 is 1.47 bits per heavy atom. The van der Waals surface area contributed by atoms with Gasteiger partial charge in [-0.05, 0) is 46.9 Å². The lowest BCUT2D eigenvalue weighted by Crippen LogP contribution is -2.34. The van der Waals surface area contributed by atoms with Crippen molar-refractivity contribution >= 4 is 28.5 Å². The van der Waals surface area contributed by atoms with E-state index in [-0.39, 0.29) is 19.1 Å². The zero-order chi connectivity index (χ0) is 12.7. The first kappa shape index (κ1) is 14.2. The van der Waals surface area contributed by atoms with Crippen molar-refractivity contribution in [2.75, 3.05) is 13.2 Å². The summed E-state index contributed by atoms with van der Waals surface area (Å²) >= 11 is 2.21. The first-order valence-electron chi connectivity index (χ1n) is 5.45. The average molecular weight is 349 g/mol. The van der Waals surface area contributed by atoms with Crippen LogP contribution in [0, 0.1) is 3.57 Å². The predicted octanol–water partition coefficient (Wildman–Crippen LogP) is 1.56. The monoisotopic (exact) mass is 349 g/mol. The van der Waals surface area contributed by atoms with Crippen molar-refractivity contribution in [1.29, 1.82) is 0 Å². The van der Waals surface area contributed by atoms with Gasteiger partial charge in [0, 0.05) is 16.5 Å². The highest BCUT2D eigenvalue weighted by Crippen LogP contribution is 2.13. The minimum atomic E-state index is -0.690. The van der Waals surface area contributed by atoms with Gasteiger partial charge in [-0.15, -0.1) is 0 Å². The van der Waals surface area contributed by atoms with Crippen LogP contribution < -0.4 is 10.1 Å². The Hall–Kier alpha value is -0.820. The number of hydrogen-bond acceptors (Lipinski definition) is 3. The van der Waals surface area contributed by atoms with Gasteiger partial charge in [0.25, 0.3) is 0 Å². The molecule has 1 atom stereocenters. The van der Waals surface area contributed by atoms with Crippen molar-refractivity contribution in [2.24, 2.45) is 0 Å². The predicted molar refractivity (Wildman–Crippen MR) is 74.0 cm³/mol. The summed E-state index contributed by atoms with van der Waals surface area (Å²) < 4.78 is 6.51. The number of amides is 1. The number of rotatable bonds is 6. The number of aliphatic hydroxyl groups is 1. The zero-order valence-electron chi connectivity index (χ0n) is 9.65. The maximum absolute atomic E-state index is 11.0. The van der Waals surface area contributed by atoms with Crippen molar-refractivity contribution < 1.29 is 14.6 Å². The largest absolute Gasteiger partial charge is 0.491 e. The SMILES string of the molecule is CCC(=O)NCC(O)COc1ccc(I)cc1. The number of carbonyl (C=O) groups excluding carboxylic acids is 1. The van der Waals surface area contributed by atoms with Crippen molar-refractivity contribution in [3.8, 4) is 5.75 Å². The molecular weight excluding hydrogens is 333 g/mol. The third-order valence-electron chi connectivity index (χ3n) is 2.11. The highest BCUT2D eigenvalue weighted by atomic mass is 127. The van der Waals surface area contributed by atoms with Crippen LogP contribution in [0.2, 0.25) is 0 Å². The molecule has 0 heterocycles. The Labute approximate surface area is 115 Å². The average Bonchev–Trinajstić information content (AvgIpc) is 2.35. The molecule has 0 aliphatic heterocycles. The molecule has 0 fully saturated rings. The molecule has 0 saturated carbocycles. The van der Waals surface area contributed by atoms with Gasteiger partial charge in [-0.2, -0.15) is 0 Å². The Bertz CT molecular complexity index is 353. The summed E-state index contributed by atoms with van der Waals surface area (Å²) in [7, 11) is 0. The molecule has 5 heteroatoms. The molecule has 1 rings (SSSR count). The van der Waals surface area contributed by atoms with Crippen molar-refractivity contribution in [2.45, 2.75) is 19.4 Å². The topological polar surface area (TPSA) is 58.6 Å². The third-order valence-corrected chi connectivity index (χ3v) is 2.83. The Morgan fingerprint density at radius 3 is 2.71 bits per heavy atom. The fourth-order valence-electron chi connectivity index (χ4n) is 1.14. The van der Waals surface area contributed by atoms with Crippen molar-refractivity contribution in [1.82, 2.24) is 5.32 Å². The van der Waals surface area contributed by atoms with E-state index in [2.05, 4.69) is 27.9 Å². The van der Waals surface area contributed by atoms with Crippen molar-refractivity contribution in [3.05, 3.63) is 27.8 Å². The maximum atomic E-state index is 11.0. The van der Waals surface area contributed by atoms with Gasteiger partial charge in [-0.3, -0.25) is 4.79 Å². The van der Waals surface area contributed by atoms with E-state index >= 15 is 0 Å². The molecule has 0 aliphatic carbocycles. The van der Waals surface area contributed by atoms with Crippen LogP contribution in [0.3, 0.4) is 0 Å². The maximum Gasteiger partial charge on any atom is 0.219 e. The van der Waals surface area contributed by atoms with E-state index in [9.17, 15) is 9.90 Å². The minimum Gasteiger partial charge on any atom is -0.491 e. The van der Waals surface area contributed by atoms with Gasteiger partial charge in [-0.25, -0.2) is 0 Å². The molecule has 17 heavy (non-hydrogen) atoms. The van der Waals surface area contributed by atoms with Gasteiger partial charge >= 0.3 is 0 Å². The summed E-state index contributed by atoms with van der Waals surface area (Å²) in [6, 6.07) is 7.56. The molecule has 0 radical (unpaired) electrons. The summed E-state index contributed by atoms with van der Waals surface area (Å²) in [5.74, 6) is 0.643. The number of nitrogens with one attached hydrogen (secondary N) is 1. The summed E-state index contributed by atoms with van der Waals surface area (Å²) in [6.07, 6.45) is -0.269. The van der Waals surface area contributed by atoms with Crippen LogP contribution in [0.1, 0.15) is 13.3 Å². The van der Waals surface area contributed by atoms with Crippen LogP contribution in [-0.4, -0.2) is 30.3 Å². The summed E-state index contributed by atoms with van der Waals surface area (Å²) in [5.41, 5.74) is 0. The molecular formula is C12H16INO3. The number of halogens is 1. The van der Waals surface area contributed by atoms with E-state index in [1.807, 2.05) is 24.3 Å². The Morgan fingerprint density at radius 2 is 2.12 bits per heavy atom. The normalized spacial score (nSPS) is 11.9. The van der Waals surface area contributed by atoms with E-state index in [1.54, 1.807) is 6.92 Å². The molecule has 0 aliphatic rings. The molecule has 1 unspecified atom stereocenters. The van der Waals surface area contributed by atoms with E-state index in [1.165, 1.54) is 0 Å². The molecule has 0 saturated heterocycles. The van der Waals surface area contributed by atoms with Gasteiger partial charge in [0.05, 0.1) is 0 Å². The highest BCUT2D eigenvalue weighted by Gasteiger charge is 2.06. The third kappa shape index (κ3) is 5.88. The highest BCUT2D eigenvalue weighted by molar-refractivity contribution is 14.1. The molecule has 1 amide bonds. The fourth-order valence-corrected chi connectivity index (χ4v) is 1.50. The van der Waals surface area contributed by atoms with Crippen LogP contribution in [0.4, 0.5) is 0 Å². The van der Waals surface area contributed by atoms with Crippen molar-refractivity contribution in [3.63, 3.8) is 0 Å². The van der Waals surface area contributed by atoms with E-state index in [0.29, 0.717) is 12.2 Å². The second-order valence-electron chi connectivity index (χ2n) is 3.58. The number of benzene rings is 1. The van der Waals surface area contributed by atoms with E-state index in [4.69, 9.17) is 4.74 Å². The van der Waals surface area contributed by atoms with E-state index in [0.717, 1.165) is 3.57 Å². The van der Waals surface area contributed by atoms with Gasteiger partial charge in [0.15, 0.2) is 0 Å². The van der Waals surface area contributed by atoms with Crippen LogP contribution in [-0.2, 0) is 4.79 Å². The van der Waals surface area contributed by atoms with Crippen LogP contribution in [0.25, 0.3) is 0 Å². The van der Waals surface area contributed by atoms with Crippen LogP contribution in [0.5, 0.6) is 5.75 Å². The second kappa shape index (κ2) is 7.50. The summed E-state index contributed by atoms with van der Waals surface area (Å²) in [5, 5.41) is 12.2. The molecule has 0 bridgehead atoms. The van der Waals surface area contributed by atoms with Crippen LogP contribution in [0.15, 0.2) is 24.3 Å². The summed E-state index contributed by atoms with van der Waals surface area (Å²) in [6.45, 7) is 2.16. The Kier molecular flexibility index (Phi) is 6.28. The second-order valence-corrected chi connectivity index (χ2v) is 4.82. The molecule has 1 aromatic carbocycles. The Balaban J connectivity index is 2.25. The van der Waals surface area contributed by atoms with E-state index < -0.39 is 6.10 Å². The number of hydrogen-bond donors (Lipinski definition) is 2. The van der Waals surface area contributed by atoms with Gasteiger partial charge in [0.1, 0.15) is 18.5 Å². The van der Waals surface area contributed by atoms with Gasteiger partial charge in [-0.1, -0.05) is 6.92 Å². The molecule has 94 valence electrons. The first-order valence-corrected chi connectivity index (χ1v) is 6.52. The quantitative estimate of drug-likeness (QED) is 0.767. The lowest BCUT2D eigenvalue weighted by molar-refractivity contribution is -0.121. The minimum absolute atomic E-state index is 0.0710. The lowest BCUT2D eigenvalue weighted by Gasteiger charge is -2.13. The molecule has 4 nitrogen and oxygen atoms in total. The summed E-state index contributed by atoms with van der Waals surface area (Å²) in [4.78, 5) is 11.0. The molecule has 0 aromatic heterocycles. The molecule has 2 N–H and O–H groups in total. The van der Waals surface area contributed by atoms with Gasteiger partial charge in [0.2, 0.25) is 5.91 Å². The van der Waals surface area contributed by atoms with Crippen LogP contribution >= 0.6 is 22.6 Å². The standard InChI is InChI=1S/C12H16INO3/c1-2-12(16)14-7-10(15)8-17-11-5-3-9(13)4-6-11/h3-6,10,15H,2,7-8H2,1H3,(H,14,16). The number of aliphatic hydroxyl groups excluding tert-OH is 1. The van der Waals surface area contributed by atoms with Gasteiger partial charge < -0.3 is 15.2 Å². The first-order chi connectivity index (χ1) is 8.11. The fraction of sp³-hybridized carbons (Fsp3) is 0.417. The molecule has 1 aromatic rings.